The van der Waals surface area contributed by atoms with Gasteiger partial charge in [-0.1, -0.05) is 18.2 Å². The molecule has 0 fully saturated rings. The van der Waals surface area contributed by atoms with E-state index < -0.39 is 12.1 Å². The third kappa shape index (κ3) is 3.43. The molecule has 0 spiro atoms. The number of benzene rings is 1. The van der Waals surface area contributed by atoms with Gasteiger partial charge in [-0.3, -0.25) is 4.57 Å². The van der Waals surface area contributed by atoms with Gasteiger partial charge in [0.05, 0.1) is 7.11 Å². The second-order valence-corrected chi connectivity index (χ2v) is 5.18. The van der Waals surface area contributed by atoms with Crippen molar-refractivity contribution < 1.29 is 14.3 Å². The van der Waals surface area contributed by atoms with E-state index in [1.807, 2.05) is 31.2 Å². The van der Waals surface area contributed by atoms with Crippen LogP contribution in [-0.4, -0.2) is 27.6 Å². The number of ether oxygens (including phenoxy) is 2. The lowest BCUT2D eigenvalue weighted by molar-refractivity contribution is 0.0330. The van der Waals surface area contributed by atoms with E-state index in [1.54, 1.807) is 48.6 Å². The predicted octanol–water partition coefficient (Wildman–Crippen LogP) is 3.19. The number of hydrogen-bond donors (Lipinski definition) is 0. The van der Waals surface area contributed by atoms with Crippen LogP contribution in [0.2, 0.25) is 0 Å². The van der Waals surface area contributed by atoms with Crippen LogP contribution in [0.1, 0.15) is 29.1 Å². The quantitative estimate of drug-likeness (QED) is 0.675. The summed E-state index contributed by atoms with van der Waals surface area (Å²) in [5.41, 5.74) is 1.10. The van der Waals surface area contributed by atoms with Gasteiger partial charge in [0.25, 0.3) is 0 Å². The fourth-order valence-electron chi connectivity index (χ4n) is 2.26. The molecule has 0 aliphatic heterocycles. The maximum absolute atomic E-state index is 12.4. The number of carbonyl (C=O) groups is 1. The molecule has 0 N–H and O–H groups in total. The van der Waals surface area contributed by atoms with Gasteiger partial charge in [-0.15, -0.1) is 0 Å². The smallest absolute Gasteiger partial charge is 0.357 e. The fraction of sp³-hybridized carbons (Fsp3) is 0.167. The Bertz CT molecular complexity index is 831. The second-order valence-electron chi connectivity index (χ2n) is 5.18. The van der Waals surface area contributed by atoms with Gasteiger partial charge >= 0.3 is 5.97 Å². The Morgan fingerprint density at radius 1 is 1.21 bits per heavy atom. The van der Waals surface area contributed by atoms with E-state index in [0.717, 1.165) is 11.3 Å². The van der Waals surface area contributed by atoms with Crippen molar-refractivity contribution in [2.75, 3.05) is 7.11 Å². The number of methoxy groups -OCH3 is 1. The van der Waals surface area contributed by atoms with Crippen LogP contribution in [0, 0.1) is 0 Å². The molecule has 0 saturated carbocycles. The molecule has 0 bridgehead atoms. The highest BCUT2D eigenvalue weighted by atomic mass is 16.5. The number of aromatic nitrogens is 3. The molecule has 2 aromatic heterocycles. The summed E-state index contributed by atoms with van der Waals surface area (Å²) in [4.78, 5) is 20.7. The van der Waals surface area contributed by atoms with E-state index >= 15 is 0 Å². The van der Waals surface area contributed by atoms with Crippen LogP contribution in [0.4, 0.5) is 0 Å². The topological polar surface area (TPSA) is 66.2 Å². The molecule has 0 amide bonds. The molecule has 1 aromatic carbocycles. The number of imidazole rings is 1. The molecular formula is C18H17N3O3. The van der Waals surface area contributed by atoms with E-state index in [0.29, 0.717) is 5.82 Å². The standard InChI is InChI=1S/C18H17N3O3/c1-13(14-5-3-6-15(11-14)23-2)24-18(22)16-7-4-8-17(20-16)21-10-9-19-12-21/h3-13H,1-2H3. The highest BCUT2D eigenvalue weighted by molar-refractivity contribution is 5.87. The average molecular weight is 323 g/mol. The summed E-state index contributed by atoms with van der Waals surface area (Å²) in [5.74, 6) is 0.846. The van der Waals surface area contributed by atoms with Crippen LogP contribution in [0.3, 0.4) is 0 Å². The van der Waals surface area contributed by atoms with Crippen molar-refractivity contribution in [1.82, 2.24) is 14.5 Å². The van der Waals surface area contributed by atoms with Crippen LogP contribution in [-0.2, 0) is 4.74 Å². The summed E-state index contributed by atoms with van der Waals surface area (Å²) in [6.07, 6.45) is 4.62. The minimum Gasteiger partial charge on any atom is -0.497 e. The summed E-state index contributed by atoms with van der Waals surface area (Å²) in [6, 6.07) is 12.6. The van der Waals surface area contributed by atoms with E-state index in [-0.39, 0.29) is 5.69 Å². The van der Waals surface area contributed by atoms with Crippen molar-refractivity contribution in [3.05, 3.63) is 72.4 Å². The maximum atomic E-state index is 12.4. The zero-order chi connectivity index (χ0) is 16.9. The van der Waals surface area contributed by atoms with Crippen LogP contribution >= 0.6 is 0 Å². The Labute approximate surface area is 139 Å². The van der Waals surface area contributed by atoms with E-state index in [4.69, 9.17) is 9.47 Å². The molecule has 0 radical (unpaired) electrons. The van der Waals surface area contributed by atoms with Gasteiger partial charge in [0.15, 0.2) is 5.69 Å². The van der Waals surface area contributed by atoms with Crippen LogP contribution < -0.4 is 4.74 Å². The zero-order valence-electron chi connectivity index (χ0n) is 13.4. The zero-order valence-corrected chi connectivity index (χ0v) is 13.4. The van der Waals surface area contributed by atoms with E-state index in [9.17, 15) is 4.79 Å². The summed E-state index contributed by atoms with van der Waals surface area (Å²) in [7, 11) is 1.60. The summed E-state index contributed by atoms with van der Waals surface area (Å²) < 4.78 is 12.4. The van der Waals surface area contributed by atoms with Gasteiger partial charge in [-0.25, -0.2) is 14.8 Å². The van der Waals surface area contributed by atoms with Gasteiger partial charge in [0.1, 0.15) is 24.0 Å². The fourth-order valence-corrected chi connectivity index (χ4v) is 2.26. The molecule has 122 valence electrons. The van der Waals surface area contributed by atoms with Crippen molar-refractivity contribution >= 4 is 5.97 Å². The monoisotopic (exact) mass is 323 g/mol. The Hall–Kier alpha value is -3.15. The third-order valence-electron chi connectivity index (χ3n) is 3.56. The first-order valence-electron chi connectivity index (χ1n) is 7.47. The number of hydrogen-bond acceptors (Lipinski definition) is 5. The number of esters is 1. The van der Waals surface area contributed by atoms with Crippen molar-refractivity contribution in [1.29, 1.82) is 0 Å². The van der Waals surface area contributed by atoms with Gasteiger partial charge in [0, 0.05) is 12.4 Å². The largest absolute Gasteiger partial charge is 0.497 e. The minimum atomic E-state index is -0.479. The van der Waals surface area contributed by atoms with E-state index in [1.165, 1.54) is 0 Å². The van der Waals surface area contributed by atoms with Gasteiger partial charge in [0.2, 0.25) is 0 Å². The summed E-state index contributed by atoms with van der Waals surface area (Å²) in [6.45, 7) is 1.81. The highest BCUT2D eigenvalue weighted by Crippen LogP contribution is 2.22. The van der Waals surface area contributed by atoms with Crippen molar-refractivity contribution in [2.45, 2.75) is 13.0 Å². The SMILES string of the molecule is COc1cccc(C(C)OC(=O)c2cccc(-n3ccnc3)n2)c1. The first-order valence-corrected chi connectivity index (χ1v) is 7.47. The van der Waals surface area contributed by atoms with Crippen LogP contribution in [0.5, 0.6) is 5.75 Å². The Kier molecular flexibility index (Phi) is 4.56. The Morgan fingerprint density at radius 2 is 2.04 bits per heavy atom. The lowest BCUT2D eigenvalue weighted by Gasteiger charge is -2.14. The van der Waals surface area contributed by atoms with Crippen LogP contribution in [0.25, 0.3) is 5.82 Å². The lowest BCUT2D eigenvalue weighted by atomic mass is 10.1. The molecule has 0 aliphatic rings. The van der Waals surface area contributed by atoms with Crippen molar-refractivity contribution in [2.24, 2.45) is 0 Å². The first kappa shape index (κ1) is 15.7. The van der Waals surface area contributed by atoms with Crippen LogP contribution in [0.15, 0.2) is 61.2 Å². The second kappa shape index (κ2) is 6.95. The minimum absolute atomic E-state index is 0.246. The normalized spacial score (nSPS) is 11.8. The number of carbonyl (C=O) groups excluding carboxylic acids is 1. The average Bonchev–Trinajstić information content (AvgIpc) is 3.16. The molecular weight excluding hydrogens is 306 g/mol. The van der Waals surface area contributed by atoms with Gasteiger partial charge in [-0.05, 0) is 36.8 Å². The Balaban J connectivity index is 1.76. The molecule has 6 heteroatoms. The summed E-state index contributed by atoms with van der Waals surface area (Å²) in [5, 5.41) is 0. The van der Waals surface area contributed by atoms with Crippen molar-refractivity contribution in [3.63, 3.8) is 0 Å². The lowest BCUT2D eigenvalue weighted by Crippen LogP contribution is -2.12. The van der Waals surface area contributed by atoms with Gasteiger partial charge < -0.3 is 9.47 Å². The third-order valence-corrected chi connectivity index (χ3v) is 3.56. The molecule has 2 heterocycles. The highest BCUT2D eigenvalue weighted by Gasteiger charge is 2.16. The molecule has 3 aromatic rings. The molecule has 1 unspecified atom stereocenters. The molecule has 1 atom stereocenters. The maximum Gasteiger partial charge on any atom is 0.357 e. The molecule has 0 aliphatic carbocycles. The Morgan fingerprint density at radius 3 is 2.79 bits per heavy atom. The van der Waals surface area contributed by atoms with Crippen molar-refractivity contribution in [3.8, 4) is 11.6 Å². The number of nitrogens with zero attached hydrogens (tertiary/aromatic N) is 3. The number of pyridine rings is 1. The van der Waals surface area contributed by atoms with E-state index in [2.05, 4.69) is 9.97 Å². The summed E-state index contributed by atoms with van der Waals surface area (Å²) >= 11 is 0. The predicted molar refractivity (Wildman–Crippen MR) is 88.2 cm³/mol. The molecule has 6 nitrogen and oxygen atoms in total. The molecule has 0 saturated heterocycles. The first-order chi connectivity index (χ1) is 11.7. The number of rotatable bonds is 5. The molecule has 3 rings (SSSR count). The molecule has 24 heavy (non-hydrogen) atoms. The van der Waals surface area contributed by atoms with Gasteiger partial charge in [-0.2, -0.15) is 0 Å².